The molecule has 0 radical (unpaired) electrons. The van der Waals surface area contributed by atoms with Crippen LogP contribution in [0.1, 0.15) is 42.2 Å². The summed E-state index contributed by atoms with van der Waals surface area (Å²) in [6.45, 7) is 4.30. The molecule has 0 spiro atoms. The third-order valence-electron chi connectivity index (χ3n) is 4.39. The molecule has 1 aromatic carbocycles. The van der Waals surface area contributed by atoms with E-state index in [0.29, 0.717) is 16.7 Å². The standard InChI is InChI=1S/C20H21BrN4OS2/c1-3-4-5-10-27-20-23-19-17(24-25-20)14-11-13(21)7-8-15(14)22-18(26-19)16-9-6-12(2)28-16/h6-9,11,18,22H,3-5,10H2,1-2H3/t18-/m1/s1. The third-order valence-corrected chi connectivity index (χ3v) is 6.85. The van der Waals surface area contributed by atoms with E-state index >= 15 is 0 Å². The van der Waals surface area contributed by atoms with Crippen LogP contribution in [0.5, 0.6) is 5.88 Å². The number of benzene rings is 1. The van der Waals surface area contributed by atoms with Gasteiger partial charge in [-0.1, -0.05) is 47.5 Å². The highest BCUT2D eigenvalue weighted by atomic mass is 79.9. The smallest absolute Gasteiger partial charge is 0.247 e. The van der Waals surface area contributed by atoms with Crippen LogP contribution >= 0.6 is 39.0 Å². The highest BCUT2D eigenvalue weighted by molar-refractivity contribution is 9.10. The minimum atomic E-state index is -0.311. The van der Waals surface area contributed by atoms with Crippen molar-refractivity contribution in [2.75, 3.05) is 11.1 Å². The largest absolute Gasteiger partial charge is 0.447 e. The van der Waals surface area contributed by atoms with Crippen LogP contribution in [-0.4, -0.2) is 20.9 Å². The van der Waals surface area contributed by atoms with Gasteiger partial charge in [-0.15, -0.1) is 21.5 Å². The number of nitrogens with one attached hydrogen (secondary N) is 1. The molecule has 0 bridgehead atoms. The van der Waals surface area contributed by atoms with Crippen molar-refractivity contribution in [1.82, 2.24) is 15.2 Å². The molecule has 1 aliphatic rings. The number of thiophene rings is 1. The van der Waals surface area contributed by atoms with Crippen LogP contribution in [0.25, 0.3) is 11.3 Å². The Morgan fingerprint density at radius 1 is 1.21 bits per heavy atom. The van der Waals surface area contributed by atoms with Crippen LogP contribution in [-0.2, 0) is 0 Å². The predicted octanol–water partition coefficient (Wildman–Crippen LogP) is 6.46. The zero-order valence-corrected chi connectivity index (χ0v) is 19.0. The quantitative estimate of drug-likeness (QED) is 0.325. The Morgan fingerprint density at radius 3 is 2.89 bits per heavy atom. The second-order valence-corrected chi connectivity index (χ2v) is 9.88. The lowest BCUT2D eigenvalue weighted by molar-refractivity contribution is 0.229. The fraction of sp³-hybridized carbons (Fsp3) is 0.350. The number of aryl methyl sites for hydroxylation is 1. The van der Waals surface area contributed by atoms with Crippen molar-refractivity contribution in [3.63, 3.8) is 0 Å². The number of hydrogen-bond donors (Lipinski definition) is 1. The maximum atomic E-state index is 6.30. The Hall–Kier alpha value is -1.64. The Labute approximate surface area is 181 Å². The molecular formula is C20H21BrN4OS2. The predicted molar refractivity (Wildman–Crippen MR) is 119 cm³/mol. The van der Waals surface area contributed by atoms with E-state index in [1.165, 1.54) is 17.7 Å². The summed E-state index contributed by atoms with van der Waals surface area (Å²) in [5.74, 6) is 1.51. The molecule has 0 saturated carbocycles. The number of ether oxygens (including phenoxy) is 1. The van der Waals surface area contributed by atoms with E-state index in [1.807, 2.05) is 18.2 Å². The number of aromatic nitrogens is 3. The van der Waals surface area contributed by atoms with Crippen LogP contribution in [0.2, 0.25) is 0 Å². The average Bonchev–Trinajstić information content (AvgIpc) is 3.05. The normalized spacial score (nSPS) is 15.2. The molecule has 0 amide bonds. The lowest BCUT2D eigenvalue weighted by Gasteiger charge is -2.17. The monoisotopic (exact) mass is 476 g/mol. The number of unbranched alkanes of at least 4 members (excludes halogenated alkanes) is 2. The van der Waals surface area contributed by atoms with Crippen LogP contribution in [0.4, 0.5) is 5.69 Å². The molecule has 5 nitrogen and oxygen atoms in total. The van der Waals surface area contributed by atoms with Crippen LogP contribution in [0, 0.1) is 6.92 Å². The van der Waals surface area contributed by atoms with Crippen LogP contribution in [0.15, 0.2) is 40.0 Å². The fourth-order valence-corrected chi connectivity index (χ4v) is 4.97. The fourth-order valence-electron chi connectivity index (χ4n) is 2.97. The SMILES string of the molecule is CCCCCSc1nnc2c(n1)O[C@H](c1ccc(C)s1)Nc1ccc(Br)cc1-2. The Kier molecular flexibility index (Phi) is 6.18. The molecule has 0 fully saturated rings. The number of fused-ring (bicyclic) bond motifs is 3. The van der Waals surface area contributed by atoms with Gasteiger partial charge in [-0.25, -0.2) is 0 Å². The summed E-state index contributed by atoms with van der Waals surface area (Å²) in [6.07, 6.45) is 3.25. The number of rotatable bonds is 6. The molecule has 1 atom stereocenters. The number of halogens is 1. The van der Waals surface area contributed by atoms with E-state index in [4.69, 9.17) is 9.72 Å². The van der Waals surface area contributed by atoms with Gasteiger partial charge in [-0.2, -0.15) is 4.98 Å². The highest BCUT2D eigenvalue weighted by Crippen LogP contribution is 2.41. The summed E-state index contributed by atoms with van der Waals surface area (Å²) < 4.78 is 7.28. The third kappa shape index (κ3) is 4.34. The Balaban J connectivity index is 1.70. The lowest BCUT2D eigenvalue weighted by Crippen LogP contribution is -2.15. The van der Waals surface area contributed by atoms with E-state index in [1.54, 1.807) is 23.1 Å². The van der Waals surface area contributed by atoms with Gasteiger partial charge >= 0.3 is 0 Å². The zero-order valence-electron chi connectivity index (χ0n) is 15.7. The highest BCUT2D eigenvalue weighted by Gasteiger charge is 2.27. The summed E-state index contributed by atoms with van der Waals surface area (Å²) in [5, 5.41) is 13.0. The van der Waals surface area contributed by atoms with E-state index in [9.17, 15) is 0 Å². The number of thioether (sulfide) groups is 1. The Bertz CT molecular complexity index is 979. The molecule has 3 aromatic rings. The summed E-state index contributed by atoms with van der Waals surface area (Å²) >= 11 is 6.90. The minimum Gasteiger partial charge on any atom is -0.447 e. The molecule has 0 saturated heterocycles. The molecule has 0 unspecified atom stereocenters. The first-order valence-corrected chi connectivity index (χ1v) is 11.9. The maximum Gasteiger partial charge on any atom is 0.247 e. The molecule has 28 heavy (non-hydrogen) atoms. The molecule has 4 rings (SSSR count). The average molecular weight is 477 g/mol. The van der Waals surface area contributed by atoms with Crippen molar-refractivity contribution in [2.24, 2.45) is 0 Å². The summed E-state index contributed by atoms with van der Waals surface area (Å²) in [5.41, 5.74) is 2.55. The van der Waals surface area contributed by atoms with Crippen molar-refractivity contribution < 1.29 is 4.74 Å². The zero-order chi connectivity index (χ0) is 19.5. The molecule has 3 heterocycles. The summed E-state index contributed by atoms with van der Waals surface area (Å²) in [6, 6.07) is 10.3. The van der Waals surface area contributed by atoms with Gasteiger partial charge in [0, 0.05) is 26.4 Å². The molecule has 1 N–H and O–H groups in total. The first-order chi connectivity index (χ1) is 13.6. The van der Waals surface area contributed by atoms with E-state index in [0.717, 1.165) is 32.8 Å². The topological polar surface area (TPSA) is 59.9 Å². The van der Waals surface area contributed by atoms with Gasteiger partial charge in [0.15, 0.2) is 5.69 Å². The first kappa shape index (κ1) is 19.7. The van der Waals surface area contributed by atoms with E-state index < -0.39 is 0 Å². The number of hydrogen-bond acceptors (Lipinski definition) is 7. The molecule has 0 aliphatic carbocycles. The minimum absolute atomic E-state index is 0.311. The lowest BCUT2D eigenvalue weighted by atomic mass is 10.1. The van der Waals surface area contributed by atoms with E-state index in [2.05, 4.69) is 57.4 Å². The van der Waals surface area contributed by atoms with Gasteiger partial charge in [0.2, 0.25) is 17.3 Å². The molecule has 1 aliphatic heterocycles. The summed E-state index contributed by atoms with van der Waals surface area (Å²) in [4.78, 5) is 7.05. The van der Waals surface area contributed by atoms with Gasteiger partial charge in [-0.05, 0) is 43.7 Å². The number of nitrogens with zero attached hydrogens (tertiary/aromatic N) is 3. The maximum absolute atomic E-state index is 6.30. The van der Waals surface area contributed by atoms with Gasteiger partial charge in [-0.3, -0.25) is 0 Å². The van der Waals surface area contributed by atoms with Gasteiger partial charge in [0.05, 0.1) is 4.88 Å². The van der Waals surface area contributed by atoms with Gasteiger partial charge in [0.25, 0.3) is 0 Å². The Morgan fingerprint density at radius 2 is 2.11 bits per heavy atom. The van der Waals surface area contributed by atoms with Crippen LogP contribution < -0.4 is 10.1 Å². The molecule has 2 aromatic heterocycles. The van der Waals surface area contributed by atoms with E-state index in [-0.39, 0.29) is 6.23 Å². The van der Waals surface area contributed by atoms with Crippen molar-refractivity contribution in [2.45, 2.75) is 44.5 Å². The van der Waals surface area contributed by atoms with Gasteiger partial charge in [0.1, 0.15) is 0 Å². The van der Waals surface area contributed by atoms with Crippen LogP contribution in [0.3, 0.4) is 0 Å². The summed E-state index contributed by atoms with van der Waals surface area (Å²) in [7, 11) is 0. The molecule has 8 heteroatoms. The second-order valence-electron chi connectivity index (χ2n) is 6.58. The van der Waals surface area contributed by atoms with Crippen molar-refractivity contribution in [1.29, 1.82) is 0 Å². The van der Waals surface area contributed by atoms with Gasteiger partial charge < -0.3 is 10.1 Å². The van der Waals surface area contributed by atoms with Crippen molar-refractivity contribution >= 4 is 44.7 Å². The van der Waals surface area contributed by atoms with Crippen molar-refractivity contribution in [3.8, 4) is 17.1 Å². The molecule has 146 valence electrons. The second kappa shape index (κ2) is 8.80. The van der Waals surface area contributed by atoms with Crippen molar-refractivity contribution in [3.05, 3.63) is 44.6 Å². The molecular weight excluding hydrogens is 456 g/mol. The first-order valence-electron chi connectivity index (χ1n) is 9.31. The number of anilines is 1.